The second kappa shape index (κ2) is 9.01. The Morgan fingerprint density at radius 1 is 1.25 bits per heavy atom. The highest BCUT2D eigenvalue weighted by Crippen LogP contribution is 2.27. The van der Waals surface area contributed by atoms with Crippen LogP contribution in [0, 0.1) is 11.8 Å². The van der Waals surface area contributed by atoms with Crippen LogP contribution < -0.4 is 16.4 Å². The number of nitrogens with one attached hydrogen (secondary N) is 2. The van der Waals surface area contributed by atoms with Crippen molar-refractivity contribution in [3.05, 3.63) is 0 Å². The van der Waals surface area contributed by atoms with E-state index in [4.69, 9.17) is 10.5 Å². The monoisotopic (exact) mass is 339 g/mol. The summed E-state index contributed by atoms with van der Waals surface area (Å²) in [6, 6.07) is -1.45. The van der Waals surface area contributed by atoms with E-state index in [0.29, 0.717) is 25.3 Å². The molecule has 7 heteroatoms. The van der Waals surface area contributed by atoms with Gasteiger partial charge < -0.3 is 21.1 Å². The molecule has 1 saturated heterocycles. The Balaban J connectivity index is 1.88. The van der Waals surface area contributed by atoms with Gasteiger partial charge in [-0.15, -0.1) is 0 Å². The number of methoxy groups -OCH3 is 1. The van der Waals surface area contributed by atoms with Gasteiger partial charge in [0.2, 0.25) is 11.8 Å². The fraction of sp³-hybridized carbons (Fsp3) is 0.824. The molecule has 136 valence electrons. The van der Waals surface area contributed by atoms with E-state index in [1.165, 1.54) is 26.4 Å². The standard InChI is InChI=1S/C17H29N3O4/c1-24-17(23)14(10-12-7-8-19-15(12)21)20-16(22)13(18)9-11-5-3-2-4-6-11/h11-14H,2-10,18H2,1H3,(H,19,21)(H,20,22)/t12-,13-,14-/m0/s1. The lowest BCUT2D eigenvalue weighted by Gasteiger charge is -2.25. The zero-order chi connectivity index (χ0) is 17.5. The summed E-state index contributed by atoms with van der Waals surface area (Å²) in [6.45, 7) is 0.604. The lowest BCUT2D eigenvalue weighted by Crippen LogP contribution is -2.50. The topological polar surface area (TPSA) is 111 Å². The molecule has 7 nitrogen and oxygen atoms in total. The van der Waals surface area contributed by atoms with Crippen LogP contribution in [0.25, 0.3) is 0 Å². The summed E-state index contributed by atoms with van der Waals surface area (Å²) in [6.07, 6.45) is 7.43. The maximum Gasteiger partial charge on any atom is 0.328 e. The molecule has 1 saturated carbocycles. The Morgan fingerprint density at radius 3 is 2.54 bits per heavy atom. The van der Waals surface area contributed by atoms with Crippen LogP contribution in [0.2, 0.25) is 0 Å². The van der Waals surface area contributed by atoms with E-state index in [1.54, 1.807) is 0 Å². The average molecular weight is 339 g/mol. The van der Waals surface area contributed by atoms with Crippen molar-refractivity contribution in [2.75, 3.05) is 13.7 Å². The summed E-state index contributed by atoms with van der Waals surface area (Å²) in [7, 11) is 1.28. The normalized spacial score (nSPS) is 24.1. The molecule has 3 atom stereocenters. The Bertz CT molecular complexity index is 463. The van der Waals surface area contributed by atoms with Crippen molar-refractivity contribution in [2.45, 2.75) is 63.5 Å². The third kappa shape index (κ3) is 5.19. The third-order valence-corrected chi connectivity index (χ3v) is 5.13. The maximum absolute atomic E-state index is 12.4. The maximum atomic E-state index is 12.4. The van der Waals surface area contributed by atoms with Crippen LogP contribution >= 0.6 is 0 Å². The van der Waals surface area contributed by atoms with Crippen molar-refractivity contribution >= 4 is 17.8 Å². The lowest BCUT2D eigenvalue weighted by molar-refractivity contribution is -0.146. The molecular formula is C17H29N3O4. The summed E-state index contributed by atoms with van der Waals surface area (Å²) in [5.41, 5.74) is 6.03. The summed E-state index contributed by atoms with van der Waals surface area (Å²) in [4.78, 5) is 36.0. The highest BCUT2D eigenvalue weighted by Gasteiger charge is 2.33. The predicted octanol–water partition coefficient (Wildman–Crippen LogP) is 0.468. The largest absolute Gasteiger partial charge is 0.467 e. The molecule has 24 heavy (non-hydrogen) atoms. The van der Waals surface area contributed by atoms with Crippen LogP contribution in [-0.4, -0.2) is 43.5 Å². The summed E-state index contributed by atoms with van der Waals surface area (Å²) < 4.78 is 4.76. The fourth-order valence-electron chi connectivity index (χ4n) is 3.68. The Hall–Kier alpha value is -1.63. The molecule has 0 radical (unpaired) electrons. The van der Waals surface area contributed by atoms with E-state index in [9.17, 15) is 14.4 Å². The number of carbonyl (C=O) groups excluding carboxylic acids is 3. The Kier molecular flexibility index (Phi) is 7.02. The molecule has 0 aromatic heterocycles. The molecule has 4 N–H and O–H groups in total. The molecule has 2 fully saturated rings. The molecule has 0 unspecified atom stereocenters. The van der Waals surface area contributed by atoms with Gasteiger partial charge in [-0.3, -0.25) is 9.59 Å². The molecule has 1 aliphatic carbocycles. The van der Waals surface area contributed by atoms with Crippen molar-refractivity contribution in [1.29, 1.82) is 0 Å². The molecule has 0 aromatic rings. The molecular weight excluding hydrogens is 310 g/mol. The molecule has 2 aliphatic rings. The zero-order valence-corrected chi connectivity index (χ0v) is 14.4. The van der Waals surface area contributed by atoms with Gasteiger partial charge in [-0.2, -0.15) is 0 Å². The van der Waals surface area contributed by atoms with Crippen molar-refractivity contribution in [3.63, 3.8) is 0 Å². The predicted molar refractivity (Wildman–Crippen MR) is 88.8 cm³/mol. The third-order valence-electron chi connectivity index (χ3n) is 5.13. The smallest absolute Gasteiger partial charge is 0.328 e. The number of esters is 1. The van der Waals surface area contributed by atoms with Gasteiger partial charge in [0.1, 0.15) is 6.04 Å². The minimum absolute atomic E-state index is 0.0790. The number of carbonyl (C=O) groups is 3. The van der Waals surface area contributed by atoms with E-state index in [2.05, 4.69) is 10.6 Å². The minimum Gasteiger partial charge on any atom is -0.467 e. The van der Waals surface area contributed by atoms with Crippen LogP contribution in [0.15, 0.2) is 0 Å². The van der Waals surface area contributed by atoms with Gasteiger partial charge in [-0.25, -0.2) is 4.79 Å². The molecule has 1 aliphatic heterocycles. The van der Waals surface area contributed by atoms with E-state index in [0.717, 1.165) is 12.8 Å². The van der Waals surface area contributed by atoms with Crippen LogP contribution in [0.1, 0.15) is 51.4 Å². The first-order chi connectivity index (χ1) is 11.5. The van der Waals surface area contributed by atoms with Gasteiger partial charge in [0.15, 0.2) is 0 Å². The molecule has 0 aromatic carbocycles. The number of amides is 2. The summed E-state index contributed by atoms with van der Waals surface area (Å²) in [5.74, 6) is -0.743. The van der Waals surface area contributed by atoms with Crippen molar-refractivity contribution in [2.24, 2.45) is 17.6 Å². The van der Waals surface area contributed by atoms with Gasteiger partial charge in [0.25, 0.3) is 0 Å². The first kappa shape index (κ1) is 18.7. The first-order valence-electron chi connectivity index (χ1n) is 8.92. The molecule has 0 bridgehead atoms. The fourth-order valence-corrected chi connectivity index (χ4v) is 3.68. The molecule has 1 heterocycles. The van der Waals surface area contributed by atoms with Crippen molar-refractivity contribution in [1.82, 2.24) is 10.6 Å². The van der Waals surface area contributed by atoms with Crippen LogP contribution in [0.3, 0.4) is 0 Å². The summed E-state index contributed by atoms with van der Waals surface area (Å²) >= 11 is 0. The van der Waals surface area contributed by atoms with E-state index >= 15 is 0 Å². The van der Waals surface area contributed by atoms with Gasteiger partial charge in [-0.1, -0.05) is 32.1 Å². The Morgan fingerprint density at radius 2 is 1.96 bits per heavy atom. The van der Waals surface area contributed by atoms with Crippen LogP contribution in [0.5, 0.6) is 0 Å². The highest BCUT2D eigenvalue weighted by atomic mass is 16.5. The van der Waals surface area contributed by atoms with Crippen LogP contribution in [0.4, 0.5) is 0 Å². The van der Waals surface area contributed by atoms with Crippen molar-refractivity contribution < 1.29 is 19.1 Å². The van der Waals surface area contributed by atoms with Crippen molar-refractivity contribution in [3.8, 4) is 0 Å². The molecule has 0 spiro atoms. The summed E-state index contributed by atoms with van der Waals surface area (Å²) in [5, 5.41) is 5.42. The van der Waals surface area contributed by atoms with E-state index < -0.39 is 18.1 Å². The van der Waals surface area contributed by atoms with Gasteiger partial charge in [0.05, 0.1) is 13.2 Å². The average Bonchev–Trinajstić information content (AvgIpc) is 2.99. The lowest BCUT2D eigenvalue weighted by atomic mass is 9.85. The Labute approximate surface area is 143 Å². The molecule has 2 amide bonds. The van der Waals surface area contributed by atoms with Crippen LogP contribution in [-0.2, 0) is 19.1 Å². The second-order valence-electron chi connectivity index (χ2n) is 6.94. The number of hydrogen-bond acceptors (Lipinski definition) is 5. The molecule has 2 rings (SSSR count). The van der Waals surface area contributed by atoms with E-state index in [1.807, 2.05) is 0 Å². The van der Waals surface area contributed by atoms with Gasteiger partial charge in [0, 0.05) is 12.5 Å². The van der Waals surface area contributed by atoms with Gasteiger partial charge in [-0.05, 0) is 25.2 Å². The minimum atomic E-state index is -0.825. The highest BCUT2D eigenvalue weighted by molar-refractivity contribution is 5.88. The number of hydrogen-bond donors (Lipinski definition) is 3. The first-order valence-corrected chi connectivity index (χ1v) is 8.92. The SMILES string of the molecule is COC(=O)[C@H](C[C@@H]1CCNC1=O)NC(=O)[C@@H](N)CC1CCCCC1. The number of nitrogens with two attached hydrogens (primary N) is 1. The quantitative estimate of drug-likeness (QED) is 0.584. The number of rotatable bonds is 7. The van der Waals surface area contributed by atoms with E-state index in [-0.39, 0.29) is 24.2 Å². The van der Waals surface area contributed by atoms with Gasteiger partial charge >= 0.3 is 5.97 Å². The number of ether oxygens (including phenoxy) is 1. The zero-order valence-electron chi connectivity index (χ0n) is 14.4. The second-order valence-corrected chi connectivity index (χ2v) is 6.94.